The molecule has 1 amide bonds. The molecule has 0 fully saturated rings. The fourth-order valence-electron chi connectivity index (χ4n) is 2.11. The van der Waals surface area contributed by atoms with Gasteiger partial charge < -0.3 is 14.6 Å². The number of hydrogen-bond donors (Lipinski definition) is 1. The van der Waals surface area contributed by atoms with Crippen molar-refractivity contribution in [2.75, 3.05) is 0 Å². The van der Waals surface area contributed by atoms with E-state index in [0.717, 1.165) is 4.88 Å². The molecule has 0 unspecified atom stereocenters. The van der Waals surface area contributed by atoms with Gasteiger partial charge in [0, 0.05) is 17.1 Å². The Hall–Kier alpha value is -2.08. The summed E-state index contributed by atoms with van der Waals surface area (Å²) >= 11 is 1.61. The van der Waals surface area contributed by atoms with Gasteiger partial charge in [-0.25, -0.2) is 4.79 Å². The van der Waals surface area contributed by atoms with Crippen molar-refractivity contribution in [3.63, 3.8) is 0 Å². The average molecular weight is 306 g/mol. The predicted octanol–water partition coefficient (Wildman–Crippen LogP) is 2.69. The summed E-state index contributed by atoms with van der Waals surface area (Å²) < 4.78 is 1.47. The predicted molar refractivity (Wildman–Crippen MR) is 81.4 cm³/mol. The second kappa shape index (κ2) is 6.58. The summed E-state index contributed by atoms with van der Waals surface area (Å²) in [6, 6.07) is 7.14. The molecule has 0 aromatic carbocycles. The third-order valence-corrected chi connectivity index (χ3v) is 4.07. The van der Waals surface area contributed by atoms with Crippen LogP contribution in [0.2, 0.25) is 0 Å². The van der Waals surface area contributed by atoms with Crippen molar-refractivity contribution in [2.24, 2.45) is 0 Å². The van der Waals surface area contributed by atoms with Crippen LogP contribution in [0.15, 0.2) is 35.8 Å². The molecule has 2 aromatic rings. The topological polar surface area (TPSA) is 62.5 Å². The van der Waals surface area contributed by atoms with Crippen molar-refractivity contribution in [1.29, 1.82) is 0 Å². The van der Waals surface area contributed by atoms with E-state index >= 15 is 0 Å². The van der Waals surface area contributed by atoms with E-state index in [9.17, 15) is 9.59 Å². The molecule has 112 valence electrons. The zero-order chi connectivity index (χ0) is 15.4. The number of thiophene rings is 1. The molecule has 2 aromatic heterocycles. The SMILES string of the molecule is CC(C)N(Cc1cccs1)C(=O)Cn1cccc1C(=O)O. The van der Waals surface area contributed by atoms with Crippen molar-refractivity contribution >= 4 is 23.2 Å². The van der Waals surface area contributed by atoms with Crippen LogP contribution in [0.4, 0.5) is 0 Å². The maximum Gasteiger partial charge on any atom is 0.352 e. The van der Waals surface area contributed by atoms with Gasteiger partial charge in [0.05, 0.1) is 6.54 Å². The monoisotopic (exact) mass is 306 g/mol. The van der Waals surface area contributed by atoms with Crippen molar-refractivity contribution in [3.05, 3.63) is 46.4 Å². The molecular formula is C15H18N2O3S. The molecule has 0 atom stereocenters. The summed E-state index contributed by atoms with van der Waals surface area (Å²) in [5.41, 5.74) is 0.128. The third kappa shape index (κ3) is 3.72. The second-order valence-electron chi connectivity index (χ2n) is 5.02. The highest BCUT2D eigenvalue weighted by molar-refractivity contribution is 7.09. The van der Waals surface area contributed by atoms with Crippen molar-refractivity contribution in [1.82, 2.24) is 9.47 Å². The third-order valence-electron chi connectivity index (χ3n) is 3.20. The fourth-order valence-corrected chi connectivity index (χ4v) is 2.81. The Morgan fingerprint density at radius 3 is 2.67 bits per heavy atom. The van der Waals surface area contributed by atoms with Gasteiger partial charge in [-0.15, -0.1) is 11.3 Å². The normalized spacial score (nSPS) is 10.8. The highest BCUT2D eigenvalue weighted by Gasteiger charge is 2.20. The van der Waals surface area contributed by atoms with E-state index < -0.39 is 5.97 Å². The smallest absolute Gasteiger partial charge is 0.352 e. The maximum absolute atomic E-state index is 12.5. The lowest BCUT2D eigenvalue weighted by molar-refractivity contribution is -0.134. The summed E-state index contributed by atoms with van der Waals surface area (Å²) in [6.45, 7) is 4.51. The largest absolute Gasteiger partial charge is 0.477 e. The number of carbonyl (C=O) groups is 2. The van der Waals surface area contributed by atoms with Crippen molar-refractivity contribution in [3.8, 4) is 0 Å². The van der Waals surface area contributed by atoms with Crippen LogP contribution in [-0.4, -0.2) is 32.5 Å². The zero-order valence-corrected chi connectivity index (χ0v) is 12.8. The van der Waals surface area contributed by atoms with Crippen LogP contribution >= 0.6 is 11.3 Å². The van der Waals surface area contributed by atoms with E-state index in [4.69, 9.17) is 5.11 Å². The van der Waals surface area contributed by atoms with Gasteiger partial charge >= 0.3 is 5.97 Å². The van der Waals surface area contributed by atoms with E-state index in [2.05, 4.69) is 0 Å². The molecule has 0 radical (unpaired) electrons. The van der Waals surface area contributed by atoms with E-state index in [-0.39, 0.29) is 24.2 Å². The lowest BCUT2D eigenvalue weighted by atomic mass is 10.3. The van der Waals surface area contributed by atoms with Crippen LogP contribution in [-0.2, 0) is 17.9 Å². The molecule has 21 heavy (non-hydrogen) atoms. The van der Waals surface area contributed by atoms with E-state index in [1.165, 1.54) is 10.6 Å². The first kappa shape index (κ1) is 15.3. The molecule has 1 N–H and O–H groups in total. The fraction of sp³-hybridized carbons (Fsp3) is 0.333. The van der Waals surface area contributed by atoms with E-state index in [1.54, 1.807) is 28.5 Å². The molecule has 0 aliphatic rings. The molecule has 5 nitrogen and oxygen atoms in total. The van der Waals surface area contributed by atoms with Gasteiger partial charge in [-0.05, 0) is 37.4 Å². The van der Waals surface area contributed by atoms with Crippen LogP contribution in [0.5, 0.6) is 0 Å². The standard InChI is InChI=1S/C15H18N2O3S/c1-11(2)17(9-12-5-4-8-21-12)14(18)10-16-7-3-6-13(16)15(19)20/h3-8,11H,9-10H2,1-2H3,(H,19,20). The lowest BCUT2D eigenvalue weighted by Crippen LogP contribution is -2.38. The summed E-state index contributed by atoms with van der Waals surface area (Å²) in [5.74, 6) is -1.11. The molecule has 0 bridgehead atoms. The van der Waals surface area contributed by atoms with Gasteiger partial charge in [0.25, 0.3) is 0 Å². The highest BCUT2D eigenvalue weighted by atomic mass is 32.1. The number of amides is 1. The number of carboxylic acid groups (broad SMARTS) is 1. The Kier molecular flexibility index (Phi) is 4.80. The molecular weight excluding hydrogens is 288 g/mol. The minimum Gasteiger partial charge on any atom is -0.477 e. The van der Waals surface area contributed by atoms with Crippen LogP contribution in [0.25, 0.3) is 0 Å². The van der Waals surface area contributed by atoms with Gasteiger partial charge in [0.2, 0.25) is 5.91 Å². The molecule has 6 heteroatoms. The molecule has 0 saturated heterocycles. The number of aromatic carboxylic acids is 1. The molecule has 0 spiro atoms. The maximum atomic E-state index is 12.5. The van der Waals surface area contributed by atoms with Gasteiger partial charge in [-0.3, -0.25) is 4.79 Å². The Balaban J connectivity index is 2.12. The van der Waals surface area contributed by atoms with E-state index in [0.29, 0.717) is 6.54 Å². The summed E-state index contributed by atoms with van der Waals surface area (Å²) in [4.78, 5) is 26.4. The Morgan fingerprint density at radius 1 is 1.33 bits per heavy atom. The Bertz CT molecular complexity index is 617. The average Bonchev–Trinajstić information content (AvgIpc) is 3.05. The van der Waals surface area contributed by atoms with Crippen LogP contribution in [0, 0.1) is 0 Å². The quantitative estimate of drug-likeness (QED) is 0.892. The van der Waals surface area contributed by atoms with Crippen molar-refractivity contribution in [2.45, 2.75) is 33.0 Å². The number of carboxylic acids is 1. The highest BCUT2D eigenvalue weighted by Crippen LogP contribution is 2.15. The number of rotatable bonds is 6. The van der Waals surface area contributed by atoms with Crippen LogP contribution in [0.1, 0.15) is 29.2 Å². The first-order chi connectivity index (χ1) is 9.99. The molecule has 0 aliphatic carbocycles. The molecule has 0 saturated carbocycles. The molecule has 0 aliphatic heterocycles. The van der Waals surface area contributed by atoms with Gasteiger partial charge in [-0.1, -0.05) is 6.07 Å². The first-order valence-electron chi connectivity index (χ1n) is 6.69. The minimum absolute atomic E-state index is 0.0399. The summed E-state index contributed by atoms with van der Waals surface area (Å²) in [5, 5.41) is 11.1. The number of hydrogen-bond acceptors (Lipinski definition) is 3. The number of carbonyl (C=O) groups excluding carboxylic acids is 1. The van der Waals surface area contributed by atoms with Crippen molar-refractivity contribution < 1.29 is 14.7 Å². The van der Waals surface area contributed by atoms with Gasteiger partial charge in [0.1, 0.15) is 12.2 Å². The second-order valence-corrected chi connectivity index (χ2v) is 6.05. The van der Waals surface area contributed by atoms with E-state index in [1.807, 2.05) is 31.4 Å². The lowest BCUT2D eigenvalue weighted by Gasteiger charge is -2.26. The van der Waals surface area contributed by atoms with Crippen LogP contribution < -0.4 is 0 Å². The minimum atomic E-state index is -1.03. The van der Waals surface area contributed by atoms with Crippen LogP contribution in [0.3, 0.4) is 0 Å². The molecule has 2 rings (SSSR count). The first-order valence-corrected chi connectivity index (χ1v) is 7.57. The molecule has 2 heterocycles. The Labute approximate surface area is 127 Å². The van der Waals surface area contributed by atoms with Gasteiger partial charge in [0.15, 0.2) is 0 Å². The Morgan fingerprint density at radius 2 is 2.10 bits per heavy atom. The zero-order valence-electron chi connectivity index (χ0n) is 12.0. The summed E-state index contributed by atoms with van der Waals surface area (Å²) in [6.07, 6.45) is 1.62. The van der Waals surface area contributed by atoms with Gasteiger partial charge in [-0.2, -0.15) is 0 Å². The summed E-state index contributed by atoms with van der Waals surface area (Å²) in [7, 11) is 0. The number of aromatic nitrogens is 1. The number of nitrogens with zero attached hydrogens (tertiary/aromatic N) is 2.